The van der Waals surface area contributed by atoms with Crippen LogP contribution in [0.4, 0.5) is 13.2 Å². The zero-order valence-electron chi connectivity index (χ0n) is 19.0. The smallest absolute Gasteiger partial charge is 0.373 e. The number of aryl methyl sites for hydroxylation is 1. The molecule has 176 valence electrons. The number of pyridine rings is 1. The number of hydrogen-bond donors (Lipinski definition) is 0. The average Bonchev–Trinajstić information content (AvgIpc) is 2.73. The minimum atomic E-state index is -4.15. The summed E-state index contributed by atoms with van der Waals surface area (Å²) in [5.41, 5.74) is 3.60. The van der Waals surface area contributed by atoms with Gasteiger partial charge in [-0.3, -0.25) is 15.0 Å². The van der Waals surface area contributed by atoms with E-state index in [4.69, 9.17) is 19.7 Å². The van der Waals surface area contributed by atoms with Crippen LogP contribution in [0.3, 0.4) is 0 Å². The summed E-state index contributed by atoms with van der Waals surface area (Å²) in [7, 11) is 0. The van der Waals surface area contributed by atoms with Gasteiger partial charge in [0.25, 0.3) is 0 Å². The molecule has 3 aliphatic heterocycles. The third-order valence-electron chi connectivity index (χ3n) is 7.30. The molecule has 0 bridgehead atoms. The fourth-order valence-electron chi connectivity index (χ4n) is 5.17. The second-order valence-electron chi connectivity index (χ2n) is 9.59. The summed E-state index contributed by atoms with van der Waals surface area (Å²) in [5.74, 6) is -0.0665. The molecular formula is C24H28F3N5O. The van der Waals surface area contributed by atoms with Crippen LogP contribution in [-0.2, 0) is 4.74 Å². The molecule has 33 heavy (non-hydrogen) atoms. The average molecular weight is 460 g/mol. The molecule has 1 aliphatic carbocycles. The van der Waals surface area contributed by atoms with Gasteiger partial charge < -0.3 is 4.74 Å². The fraction of sp³-hybridized carbons (Fsp3) is 0.625. The quantitative estimate of drug-likeness (QED) is 0.643. The monoisotopic (exact) mass is 459 g/mol. The van der Waals surface area contributed by atoms with Crippen LogP contribution in [0.5, 0.6) is 0 Å². The van der Waals surface area contributed by atoms with Gasteiger partial charge in [-0.25, -0.2) is 9.98 Å². The third-order valence-corrected chi connectivity index (χ3v) is 7.30. The van der Waals surface area contributed by atoms with E-state index in [2.05, 4.69) is 9.98 Å². The highest BCUT2D eigenvalue weighted by Gasteiger charge is 2.52. The van der Waals surface area contributed by atoms with E-state index in [1.54, 1.807) is 6.20 Å². The molecule has 2 fully saturated rings. The Morgan fingerprint density at radius 2 is 1.76 bits per heavy atom. The lowest BCUT2D eigenvalue weighted by atomic mass is 9.68. The van der Waals surface area contributed by atoms with Gasteiger partial charge in [0, 0.05) is 24.4 Å². The molecule has 1 saturated heterocycles. The van der Waals surface area contributed by atoms with Crippen LogP contribution in [0.1, 0.15) is 56.9 Å². The summed E-state index contributed by atoms with van der Waals surface area (Å²) in [6.45, 7) is 6.29. The van der Waals surface area contributed by atoms with Gasteiger partial charge in [0.05, 0.1) is 29.5 Å². The molecule has 1 saturated carbocycles. The summed E-state index contributed by atoms with van der Waals surface area (Å²) in [6.07, 6.45) is -0.765. The van der Waals surface area contributed by atoms with Gasteiger partial charge >= 0.3 is 6.18 Å². The first-order valence-corrected chi connectivity index (χ1v) is 11.6. The third kappa shape index (κ3) is 4.39. The molecular weight excluding hydrogens is 431 g/mol. The van der Waals surface area contributed by atoms with Crippen LogP contribution in [0.2, 0.25) is 0 Å². The number of ether oxygens (including phenoxy) is 1. The molecule has 4 heterocycles. The van der Waals surface area contributed by atoms with Crippen molar-refractivity contribution in [1.82, 2.24) is 4.98 Å². The van der Waals surface area contributed by atoms with Gasteiger partial charge in [0.2, 0.25) is 0 Å². The maximum absolute atomic E-state index is 13.2. The highest BCUT2D eigenvalue weighted by Crippen LogP contribution is 2.48. The zero-order chi connectivity index (χ0) is 23.3. The van der Waals surface area contributed by atoms with Crippen molar-refractivity contribution in [3.63, 3.8) is 0 Å². The zero-order valence-corrected chi connectivity index (χ0v) is 19.0. The Labute approximate surface area is 191 Å². The van der Waals surface area contributed by atoms with Gasteiger partial charge in [0.1, 0.15) is 11.9 Å². The van der Waals surface area contributed by atoms with Crippen LogP contribution in [-0.4, -0.2) is 52.9 Å². The second kappa shape index (κ2) is 8.42. The van der Waals surface area contributed by atoms with Crippen LogP contribution < -0.4 is 0 Å². The lowest BCUT2D eigenvalue weighted by Crippen LogP contribution is -2.50. The van der Waals surface area contributed by atoms with E-state index in [1.807, 2.05) is 32.9 Å². The Morgan fingerprint density at radius 3 is 2.48 bits per heavy atom. The molecule has 4 atom stereocenters. The van der Waals surface area contributed by atoms with E-state index in [9.17, 15) is 13.2 Å². The first-order chi connectivity index (χ1) is 15.7. The number of halogens is 3. The van der Waals surface area contributed by atoms with Crippen molar-refractivity contribution in [2.75, 3.05) is 6.61 Å². The number of amidine groups is 2. The van der Waals surface area contributed by atoms with E-state index in [-0.39, 0.29) is 36.8 Å². The standard InChI is InChI=1S/C24H28F3N5O/c1-12-8-15(4-6-28-12)19-11-16(5-7-33-19)22-31-20(17-9-18(10-17)24(25,26)27)21-23(32-22)30-14(3)13(2)29-21/h4,6,8,16-21H,5,7,9-11H2,1-3H3/t16-,17?,18?,19+,20?,21?/m0/s1. The number of hydrogen-bond acceptors (Lipinski definition) is 6. The first-order valence-electron chi connectivity index (χ1n) is 11.6. The largest absolute Gasteiger partial charge is 0.391 e. The van der Waals surface area contributed by atoms with E-state index < -0.39 is 18.1 Å². The van der Waals surface area contributed by atoms with Gasteiger partial charge in [-0.1, -0.05) is 0 Å². The molecule has 5 rings (SSSR count). The minimum Gasteiger partial charge on any atom is -0.373 e. The van der Waals surface area contributed by atoms with Gasteiger partial charge in [-0.2, -0.15) is 13.2 Å². The Bertz CT molecular complexity index is 1050. The molecule has 9 heteroatoms. The van der Waals surface area contributed by atoms with Crippen molar-refractivity contribution in [1.29, 1.82) is 0 Å². The molecule has 4 aliphatic rings. The number of fused-ring (bicyclic) bond motifs is 1. The predicted molar refractivity (Wildman–Crippen MR) is 121 cm³/mol. The number of rotatable bonds is 3. The Hall–Kier alpha value is -2.42. The topological polar surface area (TPSA) is 71.6 Å². The molecule has 1 aromatic rings. The number of alkyl halides is 3. The Balaban J connectivity index is 1.41. The highest BCUT2D eigenvalue weighted by molar-refractivity contribution is 6.44. The first kappa shape index (κ1) is 22.4. The summed E-state index contributed by atoms with van der Waals surface area (Å²) in [4.78, 5) is 23.4. The molecule has 0 aromatic carbocycles. The van der Waals surface area contributed by atoms with Crippen molar-refractivity contribution < 1.29 is 17.9 Å². The molecule has 0 spiro atoms. The maximum atomic E-state index is 13.2. The number of aliphatic imine (C=N–C) groups is 4. The summed E-state index contributed by atoms with van der Waals surface area (Å²) in [5, 5.41) is 0. The maximum Gasteiger partial charge on any atom is 0.391 e. The molecule has 0 amide bonds. The molecule has 1 aromatic heterocycles. The van der Waals surface area contributed by atoms with E-state index >= 15 is 0 Å². The second-order valence-corrected chi connectivity index (χ2v) is 9.59. The normalized spacial score (nSPS) is 34.4. The SMILES string of the molecule is CC1=NC2=NC([C@H]3CCO[C@@H](c4ccnc(C)c4)C3)=NC(C3CC(C(F)(F)F)C3)C2N=C1C. The van der Waals surface area contributed by atoms with Crippen LogP contribution in [0.15, 0.2) is 38.3 Å². The summed E-state index contributed by atoms with van der Waals surface area (Å²) in [6, 6.07) is 3.25. The predicted octanol–water partition coefficient (Wildman–Crippen LogP) is 4.93. The molecule has 0 radical (unpaired) electrons. The molecule has 6 nitrogen and oxygen atoms in total. The van der Waals surface area contributed by atoms with E-state index in [1.165, 1.54) is 0 Å². The van der Waals surface area contributed by atoms with Crippen LogP contribution in [0, 0.1) is 24.7 Å². The summed E-state index contributed by atoms with van der Waals surface area (Å²) < 4.78 is 45.5. The van der Waals surface area contributed by atoms with Crippen molar-refractivity contribution in [2.45, 2.75) is 70.8 Å². The van der Waals surface area contributed by atoms with Crippen LogP contribution >= 0.6 is 0 Å². The van der Waals surface area contributed by atoms with Gasteiger partial charge in [-0.05, 0) is 70.1 Å². The van der Waals surface area contributed by atoms with E-state index in [0.717, 1.165) is 35.5 Å². The lowest BCUT2D eigenvalue weighted by molar-refractivity contribution is -0.206. The number of aromatic nitrogens is 1. The van der Waals surface area contributed by atoms with Gasteiger partial charge in [0.15, 0.2) is 5.84 Å². The fourth-order valence-corrected chi connectivity index (χ4v) is 5.17. The van der Waals surface area contributed by atoms with Crippen molar-refractivity contribution in [3.8, 4) is 0 Å². The van der Waals surface area contributed by atoms with Gasteiger partial charge in [-0.15, -0.1) is 0 Å². The highest BCUT2D eigenvalue weighted by atomic mass is 19.4. The minimum absolute atomic E-state index is 0.0640. The molecule has 0 N–H and O–H groups in total. The Kier molecular flexibility index (Phi) is 5.71. The van der Waals surface area contributed by atoms with Crippen molar-refractivity contribution in [2.24, 2.45) is 37.7 Å². The molecule has 2 unspecified atom stereocenters. The van der Waals surface area contributed by atoms with Crippen LogP contribution in [0.25, 0.3) is 0 Å². The Morgan fingerprint density at radius 1 is 0.970 bits per heavy atom. The van der Waals surface area contributed by atoms with Crippen molar-refractivity contribution in [3.05, 3.63) is 29.6 Å². The summed E-state index contributed by atoms with van der Waals surface area (Å²) >= 11 is 0. The van der Waals surface area contributed by atoms with E-state index in [0.29, 0.717) is 18.3 Å². The number of nitrogens with zero attached hydrogens (tertiary/aromatic N) is 5. The lowest BCUT2D eigenvalue weighted by Gasteiger charge is -2.43. The van der Waals surface area contributed by atoms with Crippen molar-refractivity contribution >= 4 is 23.1 Å².